The Hall–Kier alpha value is -1.13. The molecule has 0 heterocycles. The maximum absolute atomic E-state index is 13.4. The average molecular weight is 218 g/mol. The van der Waals surface area contributed by atoms with E-state index in [1.54, 1.807) is 0 Å². The van der Waals surface area contributed by atoms with Crippen molar-refractivity contribution in [1.82, 2.24) is 5.32 Å². The molecular formula is C9H9ClFNO2. The molecule has 1 unspecified atom stereocenters. The molecule has 0 aliphatic rings. The Morgan fingerprint density at radius 1 is 1.64 bits per heavy atom. The standard InChI is InChI=1S/C9H9ClFNO2/c1-12-8(9(13)14)5-3-2-4-6(10)7(5)11/h2-4,8,12H,1H3,(H,13,14). The molecule has 5 heteroatoms. The molecule has 0 saturated carbocycles. The van der Waals surface area contributed by atoms with Crippen LogP contribution < -0.4 is 5.32 Å². The van der Waals surface area contributed by atoms with Crippen LogP contribution in [0.15, 0.2) is 18.2 Å². The van der Waals surface area contributed by atoms with Gasteiger partial charge in [0.25, 0.3) is 0 Å². The fourth-order valence-corrected chi connectivity index (χ4v) is 1.34. The minimum absolute atomic E-state index is 0.0347. The molecule has 0 amide bonds. The maximum atomic E-state index is 13.4. The third kappa shape index (κ3) is 2.02. The van der Waals surface area contributed by atoms with Gasteiger partial charge in [0.2, 0.25) is 0 Å². The highest BCUT2D eigenvalue weighted by Gasteiger charge is 2.21. The number of rotatable bonds is 3. The molecule has 0 aliphatic heterocycles. The number of carboxylic acids is 1. The van der Waals surface area contributed by atoms with E-state index in [0.717, 1.165) is 0 Å². The molecule has 1 aromatic rings. The number of halogens is 2. The number of aliphatic carboxylic acids is 1. The van der Waals surface area contributed by atoms with Crippen molar-refractivity contribution in [2.24, 2.45) is 0 Å². The van der Waals surface area contributed by atoms with Crippen molar-refractivity contribution in [3.8, 4) is 0 Å². The number of hydrogen-bond donors (Lipinski definition) is 2. The van der Waals surface area contributed by atoms with Crippen LogP contribution in [0, 0.1) is 5.82 Å². The van der Waals surface area contributed by atoms with Gasteiger partial charge in [-0.25, -0.2) is 4.39 Å². The molecule has 0 aromatic heterocycles. The average Bonchev–Trinajstić information content (AvgIpc) is 2.13. The first-order valence-corrected chi connectivity index (χ1v) is 4.29. The van der Waals surface area contributed by atoms with Gasteiger partial charge >= 0.3 is 5.97 Å². The highest BCUT2D eigenvalue weighted by Crippen LogP contribution is 2.23. The number of likely N-dealkylation sites (N-methyl/N-ethyl adjacent to an activating group) is 1. The zero-order valence-corrected chi connectivity index (χ0v) is 8.18. The fourth-order valence-electron chi connectivity index (χ4n) is 1.16. The summed E-state index contributed by atoms with van der Waals surface area (Å²) in [5.74, 6) is -1.84. The van der Waals surface area contributed by atoms with Crippen molar-refractivity contribution in [3.05, 3.63) is 34.6 Å². The van der Waals surface area contributed by atoms with Crippen LogP contribution in [0.3, 0.4) is 0 Å². The topological polar surface area (TPSA) is 49.3 Å². The quantitative estimate of drug-likeness (QED) is 0.812. The molecule has 1 atom stereocenters. The molecule has 1 rings (SSSR count). The van der Waals surface area contributed by atoms with Gasteiger partial charge in [0.1, 0.15) is 11.9 Å². The van der Waals surface area contributed by atoms with Crippen LogP contribution in [0.1, 0.15) is 11.6 Å². The molecule has 2 N–H and O–H groups in total. The first-order chi connectivity index (χ1) is 6.57. The van der Waals surface area contributed by atoms with Gasteiger partial charge in [0, 0.05) is 5.56 Å². The zero-order chi connectivity index (χ0) is 10.7. The van der Waals surface area contributed by atoms with Crippen LogP contribution in [0.25, 0.3) is 0 Å². The lowest BCUT2D eigenvalue weighted by atomic mass is 10.1. The molecule has 0 aliphatic carbocycles. The molecule has 14 heavy (non-hydrogen) atoms. The third-order valence-electron chi connectivity index (χ3n) is 1.83. The Bertz CT molecular complexity index is 357. The Labute approximate surface area is 85.5 Å². The van der Waals surface area contributed by atoms with Crippen LogP contribution >= 0.6 is 11.6 Å². The minimum atomic E-state index is -1.14. The highest BCUT2D eigenvalue weighted by atomic mass is 35.5. The lowest BCUT2D eigenvalue weighted by Crippen LogP contribution is -2.25. The summed E-state index contributed by atoms with van der Waals surface area (Å²) in [7, 11) is 1.44. The summed E-state index contributed by atoms with van der Waals surface area (Å²) in [5.41, 5.74) is 0.0347. The summed E-state index contributed by atoms with van der Waals surface area (Å²) in [6.07, 6.45) is 0. The van der Waals surface area contributed by atoms with E-state index >= 15 is 0 Å². The molecule has 76 valence electrons. The van der Waals surface area contributed by atoms with Gasteiger partial charge in [-0.05, 0) is 13.1 Å². The Morgan fingerprint density at radius 3 is 2.79 bits per heavy atom. The summed E-state index contributed by atoms with van der Waals surface area (Å²) in [4.78, 5) is 10.7. The number of nitrogens with one attached hydrogen (secondary N) is 1. The predicted octanol–water partition coefficient (Wildman–Crippen LogP) is 1.82. The molecule has 1 aromatic carbocycles. The predicted molar refractivity (Wildman–Crippen MR) is 50.8 cm³/mol. The van der Waals surface area contributed by atoms with Gasteiger partial charge in [-0.15, -0.1) is 0 Å². The van der Waals surface area contributed by atoms with Gasteiger partial charge in [-0.1, -0.05) is 23.7 Å². The largest absolute Gasteiger partial charge is 0.480 e. The van der Waals surface area contributed by atoms with Crippen molar-refractivity contribution in [1.29, 1.82) is 0 Å². The lowest BCUT2D eigenvalue weighted by molar-refractivity contribution is -0.139. The van der Waals surface area contributed by atoms with E-state index in [1.165, 1.54) is 25.2 Å². The number of carboxylic acid groups (broad SMARTS) is 1. The Morgan fingerprint density at radius 2 is 2.29 bits per heavy atom. The summed E-state index contributed by atoms with van der Waals surface area (Å²) < 4.78 is 13.4. The first-order valence-electron chi connectivity index (χ1n) is 3.92. The van der Waals surface area contributed by atoms with Crippen LogP contribution in [0.2, 0.25) is 5.02 Å². The fraction of sp³-hybridized carbons (Fsp3) is 0.222. The van der Waals surface area contributed by atoms with Crippen molar-refractivity contribution in [2.45, 2.75) is 6.04 Å². The van der Waals surface area contributed by atoms with Crippen LogP contribution in [0.4, 0.5) is 4.39 Å². The lowest BCUT2D eigenvalue weighted by Gasteiger charge is -2.12. The summed E-state index contributed by atoms with van der Waals surface area (Å²) in [6, 6.07) is 3.19. The SMILES string of the molecule is CNC(C(=O)O)c1cccc(Cl)c1F. The van der Waals surface area contributed by atoms with E-state index in [2.05, 4.69) is 5.32 Å². The van der Waals surface area contributed by atoms with E-state index in [1.807, 2.05) is 0 Å². The second-order valence-corrected chi connectivity index (χ2v) is 3.11. The van der Waals surface area contributed by atoms with Gasteiger partial charge < -0.3 is 10.4 Å². The van der Waals surface area contributed by atoms with E-state index in [-0.39, 0.29) is 10.6 Å². The summed E-state index contributed by atoms with van der Waals surface area (Å²) in [6.45, 7) is 0. The van der Waals surface area contributed by atoms with Gasteiger partial charge in [0.05, 0.1) is 5.02 Å². The third-order valence-corrected chi connectivity index (χ3v) is 2.12. The van der Waals surface area contributed by atoms with Crippen LogP contribution in [-0.2, 0) is 4.79 Å². The van der Waals surface area contributed by atoms with E-state index < -0.39 is 17.8 Å². The monoisotopic (exact) mass is 217 g/mol. The van der Waals surface area contributed by atoms with Crippen molar-refractivity contribution in [3.63, 3.8) is 0 Å². The van der Waals surface area contributed by atoms with E-state index in [9.17, 15) is 9.18 Å². The normalized spacial score (nSPS) is 12.5. The molecule has 0 spiro atoms. The molecule has 0 fully saturated rings. The smallest absolute Gasteiger partial charge is 0.325 e. The summed E-state index contributed by atoms with van der Waals surface area (Å²) in [5, 5.41) is 11.2. The van der Waals surface area contributed by atoms with Gasteiger partial charge in [-0.2, -0.15) is 0 Å². The maximum Gasteiger partial charge on any atom is 0.325 e. The van der Waals surface area contributed by atoms with Crippen LogP contribution in [-0.4, -0.2) is 18.1 Å². The Balaban J connectivity index is 3.16. The van der Waals surface area contributed by atoms with Gasteiger partial charge in [-0.3, -0.25) is 4.79 Å². The summed E-state index contributed by atoms with van der Waals surface area (Å²) >= 11 is 5.52. The minimum Gasteiger partial charge on any atom is -0.480 e. The van der Waals surface area contributed by atoms with Crippen molar-refractivity contribution >= 4 is 17.6 Å². The van der Waals surface area contributed by atoms with Crippen LogP contribution in [0.5, 0.6) is 0 Å². The van der Waals surface area contributed by atoms with Gasteiger partial charge in [0.15, 0.2) is 0 Å². The number of carbonyl (C=O) groups is 1. The number of hydrogen-bond acceptors (Lipinski definition) is 2. The second-order valence-electron chi connectivity index (χ2n) is 2.70. The first kappa shape index (κ1) is 10.9. The van der Waals surface area contributed by atoms with E-state index in [4.69, 9.17) is 16.7 Å². The van der Waals surface area contributed by atoms with Crippen molar-refractivity contribution in [2.75, 3.05) is 7.05 Å². The Kier molecular flexibility index (Phi) is 3.43. The molecule has 0 radical (unpaired) electrons. The molecule has 3 nitrogen and oxygen atoms in total. The zero-order valence-electron chi connectivity index (χ0n) is 7.42. The van der Waals surface area contributed by atoms with E-state index in [0.29, 0.717) is 0 Å². The van der Waals surface area contributed by atoms with Crippen molar-refractivity contribution < 1.29 is 14.3 Å². The molecule has 0 bridgehead atoms. The molecular weight excluding hydrogens is 209 g/mol. The second kappa shape index (κ2) is 4.39. The number of benzene rings is 1. The highest BCUT2D eigenvalue weighted by molar-refractivity contribution is 6.30. The molecule has 0 saturated heterocycles.